The van der Waals surface area contributed by atoms with Crippen LogP contribution in [0.1, 0.15) is 43.2 Å². The molecule has 0 aliphatic carbocycles. The average molecular weight is 261 g/mol. The minimum atomic E-state index is 0.0661. The molecule has 19 heavy (non-hydrogen) atoms. The third-order valence-corrected chi connectivity index (χ3v) is 3.99. The second kappa shape index (κ2) is 5.70. The zero-order valence-corrected chi connectivity index (χ0v) is 12.1. The molecule has 1 N–H and O–H groups in total. The Bertz CT molecular complexity index is 433. The highest BCUT2D eigenvalue weighted by Gasteiger charge is 2.22. The fourth-order valence-corrected chi connectivity index (χ4v) is 2.15. The van der Waals surface area contributed by atoms with Gasteiger partial charge in [0.15, 0.2) is 0 Å². The molecule has 1 saturated heterocycles. The van der Waals surface area contributed by atoms with E-state index in [2.05, 4.69) is 31.1 Å². The van der Waals surface area contributed by atoms with Crippen LogP contribution in [0.3, 0.4) is 0 Å². The summed E-state index contributed by atoms with van der Waals surface area (Å²) in [5.41, 5.74) is 1.81. The van der Waals surface area contributed by atoms with Crippen LogP contribution in [-0.2, 0) is 5.41 Å². The van der Waals surface area contributed by atoms with E-state index in [-0.39, 0.29) is 11.3 Å². The molecule has 1 aromatic rings. The van der Waals surface area contributed by atoms with Gasteiger partial charge in [-0.25, -0.2) is 0 Å². The number of carbonyl (C=O) groups is 1. The summed E-state index contributed by atoms with van der Waals surface area (Å²) >= 11 is 0. The van der Waals surface area contributed by atoms with E-state index in [4.69, 9.17) is 0 Å². The van der Waals surface area contributed by atoms with Crippen molar-refractivity contribution in [3.05, 3.63) is 29.6 Å². The van der Waals surface area contributed by atoms with Gasteiger partial charge in [0.25, 0.3) is 5.91 Å². The lowest BCUT2D eigenvalue weighted by Crippen LogP contribution is -2.46. The Hall–Kier alpha value is -1.42. The molecule has 1 aliphatic rings. The minimum absolute atomic E-state index is 0.0661. The lowest BCUT2D eigenvalue weighted by molar-refractivity contribution is 0.0735. The fourth-order valence-electron chi connectivity index (χ4n) is 2.15. The molecule has 0 unspecified atom stereocenters. The van der Waals surface area contributed by atoms with Crippen LogP contribution in [0.4, 0.5) is 0 Å². The van der Waals surface area contributed by atoms with Crippen LogP contribution < -0.4 is 5.32 Å². The summed E-state index contributed by atoms with van der Waals surface area (Å²) in [4.78, 5) is 18.6. The number of rotatable bonds is 3. The van der Waals surface area contributed by atoms with Crippen molar-refractivity contribution in [2.24, 2.45) is 0 Å². The van der Waals surface area contributed by atoms with Crippen LogP contribution in [0.15, 0.2) is 18.3 Å². The molecule has 0 spiro atoms. The quantitative estimate of drug-likeness (QED) is 0.902. The Morgan fingerprint density at radius 3 is 2.58 bits per heavy atom. The van der Waals surface area contributed by atoms with Crippen molar-refractivity contribution in [3.8, 4) is 0 Å². The minimum Gasteiger partial charge on any atom is -0.336 e. The van der Waals surface area contributed by atoms with Crippen molar-refractivity contribution in [2.45, 2.75) is 32.6 Å². The van der Waals surface area contributed by atoms with Crippen molar-refractivity contribution in [1.82, 2.24) is 15.2 Å². The van der Waals surface area contributed by atoms with Gasteiger partial charge in [0.1, 0.15) is 0 Å². The third kappa shape index (κ3) is 3.13. The van der Waals surface area contributed by atoms with Crippen molar-refractivity contribution >= 4 is 5.91 Å². The van der Waals surface area contributed by atoms with Crippen LogP contribution in [-0.4, -0.2) is 42.0 Å². The lowest BCUT2D eigenvalue weighted by Gasteiger charge is -2.27. The second-order valence-corrected chi connectivity index (χ2v) is 5.71. The standard InChI is InChI=1S/C15H23N3O/c1-4-15(2,3)13-6-5-12(11-17-13)14(19)18-9-7-16-8-10-18/h5-6,11,16H,4,7-10H2,1-3H3. The number of amides is 1. The number of nitrogens with one attached hydrogen (secondary N) is 1. The number of hydrogen-bond acceptors (Lipinski definition) is 3. The van der Waals surface area contributed by atoms with E-state index >= 15 is 0 Å². The maximum atomic E-state index is 12.3. The highest BCUT2D eigenvalue weighted by molar-refractivity contribution is 5.94. The van der Waals surface area contributed by atoms with Crippen LogP contribution >= 0.6 is 0 Å². The first kappa shape index (κ1) is 14.0. The van der Waals surface area contributed by atoms with Crippen molar-refractivity contribution in [1.29, 1.82) is 0 Å². The predicted octanol–water partition coefficient (Wildman–Crippen LogP) is 1.81. The first-order chi connectivity index (χ1) is 9.04. The Kier molecular flexibility index (Phi) is 4.20. The monoisotopic (exact) mass is 261 g/mol. The fraction of sp³-hybridized carbons (Fsp3) is 0.600. The molecular formula is C15H23N3O. The first-order valence-corrected chi connectivity index (χ1v) is 7.01. The van der Waals surface area contributed by atoms with Gasteiger partial charge in [0, 0.05) is 43.5 Å². The van der Waals surface area contributed by atoms with Gasteiger partial charge in [-0.2, -0.15) is 0 Å². The molecule has 0 saturated carbocycles. The maximum Gasteiger partial charge on any atom is 0.255 e. The summed E-state index contributed by atoms with van der Waals surface area (Å²) in [6.45, 7) is 9.81. The number of aromatic nitrogens is 1. The van der Waals surface area contributed by atoms with Gasteiger partial charge in [-0.15, -0.1) is 0 Å². The topological polar surface area (TPSA) is 45.2 Å². The van der Waals surface area contributed by atoms with E-state index in [9.17, 15) is 4.79 Å². The van der Waals surface area contributed by atoms with Gasteiger partial charge < -0.3 is 10.2 Å². The summed E-state index contributed by atoms with van der Waals surface area (Å²) in [5.74, 6) is 0.0925. The van der Waals surface area contributed by atoms with E-state index in [1.54, 1.807) is 6.20 Å². The molecule has 1 aliphatic heterocycles. The first-order valence-electron chi connectivity index (χ1n) is 7.01. The largest absolute Gasteiger partial charge is 0.336 e. The van der Waals surface area contributed by atoms with Crippen LogP contribution in [0.2, 0.25) is 0 Å². The Morgan fingerprint density at radius 1 is 1.37 bits per heavy atom. The highest BCUT2D eigenvalue weighted by Crippen LogP contribution is 2.24. The molecule has 0 radical (unpaired) electrons. The Morgan fingerprint density at radius 2 is 2.05 bits per heavy atom. The average Bonchev–Trinajstić information content (AvgIpc) is 2.47. The van der Waals surface area contributed by atoms with Gasteiger partial charge in [-0.05, 0) is 18.6 Å². The molecule has 0 aromatic carbocycles. The summed E-state index contributed by atoms with van der Waals surface area (Å²) < 4.78 is 0. The SMILES string of the molecule is CCC(C)(C)c1ccc(C(=O)N2CCNCC2)cn1. The number of hydrogen-bond donors (Lipinski definition) is 1. The Balaban J connectivity index is 2.11. The number of pyridine rings is 1. The van der Waals surface area contributed by atoms with E-state index < -0.39 is 0 Å². The van der Waals surface area contributed by atoms with Gasteiger partial charge in [-0.3, -0.25) is 9.78 Å². The molecular weight excluding hydrogens is 238 g/mol. The summed E-state index contributed by atoms with van der Waals surface area (Å²) in [7, 11) is 0. The molecule has 104 valence electrons. The third-order valence-electron chi connectivity index (χ3n) is 3.99. The van der Waals surface area contributed by atoms with Gasteiger partial charge in [-0.1, -0.05) is 20.8 Å². The molecule has 0 atom stereocenters. The smallest absolute Gasteiger partial charge is 0.255 e. The number of piperazine rings is 1. The van der Waals surface area contributed by atoms with Crippen LogP contribution in [0, 0.1) is 0 Å². The maximum absolute atomic E-state index is 12.3. The molecule has 2 rings (SSSR count). The van der Waals surface area contributed by atoms with Crippen LogP contribution in [0.5, 0.6) is 0 Å². The van der Waals surface area contributed by atoms with E-state index in [0.29, 0.717) is 5.56 Å². The highest BCUT2D eigenvalue weighted by atomic mass is 16.2. The molecule has 4 nitrogen and oxygen atoms in total. The van der Waals surface area contributed by atoms with Gasteiger partial charge in [0.05, 0.1) is 5.56 Å². The van der Waals surface area contributed by atoms with E-state index in [1.807, 2.05) is 17.0 Å². The zero-order valence-electron chi connectivity index (χ0n) is 12.1. The second-order valence-electron chi connectivity index (χ2n) is 5.71. The van der Waals surface area contributed by atoms with Gasteiger partial charge >= 0.3 is 0 Å². The normalized spacial score (nSPS) is 16.5. The molecule has 2 heterocycles. The summed E-state index contributed by atoms with van der Waals surface area (Å²) in [6, 6.07) is 3.89. The number of nitrogens with zero attached hydrogens (tertiary/aromatic N) is 2. The molecule has 0 bridgehead atoms. The number of carbonyl (C=O) groups excluding carboxylic acids is 1. The van der Waals surface area contributed by atoms with Crippen molar-refractivity contribution in [2.75, 3.05) is 26.2 Å². The molecule has 1 fully saturated rings. The van der Waals surface area contributed by atoms with Crippen molar-refractivity contribution in [3.63, 3.8) is 0 Å². The molecule has 1 amide bonds. The van der Waals surface area contributed by atoms with E-state index in [0.717, 1.165) is 38.3 Å². The van der Waals surface area contributed by atoms with Gasteiger partial charge in [0.2, 0.25) is 0 Å². The zero-order chi connectivity index (χ0) is 13.9. The predicted molar refractivity (Wildman–Crippen MR) is 76.3 cm³/mol. The Labute approximate surface area is 115 Å². The summed E-state index contributed by atoms with van der Waals surface area (Å²) in [6.07, 6.45) is 2.75. The summed E-state index contributed by atoms with van der Waals surface area (Å²) in [5, 5.41) is 3.25. The van der Waals surface area contributed by atoms with E-state index in [1.165, 1.54) is 0 Å². The van der Waals surface area contributed by atoms with Crippen LogP contribution in [0.25, 0.3) is 0 Å². The van der Waals surface area contributed by atoms with Crippen molar-refractivity contribution < 1.29 is 4.79 Å². The lowest BCUT2D eigenvalue weighted by atomic mass is 9.86. The molecule has 4 heteroatoms. The molecule has 1 aromatic heterocycles.